The van der Waals surface area contributed by atoms with Gasteiger partial charge in [0.25, 0.3) is 0 Å². The molecule has 0 N–H and O–H groups in total. The highest BCUT2D eigenvalue weighted by atomic mass is 32.2. The second-order valence-electron chi connectivity index (χ2n) is 3.36. The highest BCUT2D eigenvalue weighted by molar-refractivity contribution is 7.88. The quantitative estimate of drug-likeness (QED) is 0.483. The predicted molar refractivity (Wildman–Crippen MR) is 56.8 cm³/mol. The molecule has 0 aliphatic rings. The topological polar surface area (TPSA) is 84.2 Å². The van der Waals surface area contributed by atoms with E-state index in [0.717, 1.165) is 18.2 Å². The van der Waals surface area contributed by atoms with Gasteiger partial charge in [0, 0.05) is 5.56 Å². The molecular weight excluding hydrogens is 287 g/mol. The molecule has 0 atom stereocenters. The molecule has 0 heterocycles. The molecule has 0 aliphatic heterocycles. The number of Topliss-reactive ketones (excluding diaryl/α,β-unsaturated/α-hetero) is 1. The van der Waals surface area contributed by atoms with Gasteiger partial charge in [-0.3, -0.25) is 4.79 Å². The molecule has 0 saturated carbocycles. The van der Waals surface area contributed by atoms with E-state index in [4.69, 9.17) is 5.26 Å². The molecule has 0 saturated heterocycles. The Morgan fingerprint density at radius 2 is 1.95 bits per heavy atom. The molecule has 0 aromatic heterocycles. The van der Waals surface area contributed by atoms with Gasteiger partial charge in [-0.15, -0.1) is 0 Å². The molecule has 0 radical (unpaired) electrons. The van der Waals surface area contributed by atoms with E-state index >= 15 is 0 Å². The van der Waals surface area contributed by atoms with Crippen molar-refractivity contribution in [1.29, 1.82) is 5.26 Å². The first-order chi connectivity index (χ1) is 8.58. The fourth-order valence-electron chi connectivity index (χ4n) is 1.07. The number of hydrogen-bond acceptors (Lipinski definition) is 5. The molecule has 1 aromatic rings. The van der Waals surface area contributed by atoms with Crippen molar-refractivity contribution in [3.05, 3.63) is 29.3 Å². The van der Waals surface area contributed by atoms with Gasteiger partial charge in [-0.05, 0) is 25.1 Å². The van der Waals surface area contributed by atoms with Crippen molar-refractivity contribution in [3.63, 3.8) is 0 Å². The van der Waals surface area contributed by atoms with Crippen LogP contribution in [0, 0.1) is 11.3 Å². The van der Waals surface area contributed by atoms with E-state index in [9.17, 15) is 26.4 Å². The standard InChI is InChI=1S/C10H6F3NO4S/c1-6(15)7-2-3-9(8(4-7)5-14)18-19(16,17)10(11,12)13/h2-4H,1H3. The van der Waals surface area contributed by atoms with Gasteiger partial charge in [0.2, 0.25) is 0 Å². The Morgan fingerprint density at radius 1 is 1.37 bits per heavy atom. The maximum atomic E-state index is 12.1. The van der Waals surface area contributed by atoms with Crippen LogP contribution in [0.25, 0.3) is 0 Å². The lowest BCUT2D eigenvalue weighted by Gasteiger charge is -2.10. The first kappa shape index (κ1) is 15.0. The van der Waals surface area contributed by atoms with Crippen LogP contribution in [-0.4, -0.2) is 19.7 Å². The second-order valence-corrected chi connectivity index (χ2v) is 4.90. The van der Waals surface area contributed by atoms with E-state index in [1.54, 1.807) is 0 Å². The normalized spacial score (nSPS) is 11.7. The molecule has 0 fully saturated rings. The first-order valence-corrected chi connectivity index (χ1v) is 6.05. The zero-order valence-electron chi connectivity index (χ0n) is 9.35. The Kier molecular flexibility index (Phi) is 3.86. The van der Waals surface area contributed by atoms with Crippen LogP contribution in [0.2, 0.25) is 0 Å². The van der Waals surface area contributed by atoms with Crippen LogP contribution in [0.15, 0.2) is 18.2 Å². The molecule has 0 bridgehead atoms. The third kappa shape index (κ3) is 3.23. The van der Waals surface area contributed by atoms with E-state index in [2.05, 4.69) is 4.18 Å². The molecule has 19 heavy (non-hydrogen) atoms. The lowest BCUT2D eigenvalue weighted by Crippen LogP contribution is -2.28. The monoisotopic (exact) mass is 293 g/mol. The van der Waals surface area contributed by atoms with Crippen LogP contribution >= 0.6 is 0 Å². The van der Waals surface area contributed by atoms with Crippen molar-refractivity contribution in [1.82, 2.24) is 0 Å². The maximum Gasteiger partial charge on any atom is 0.534 e. The highest BCUT2D eigenvalue weighted by Gasteiger charge is 2.48. The van der Waals surface area contributed by atoms with Crippen LogP contribution in [0.4, 0.5) is 13.2 Å². The third-order valence-corrected chi connectivity index (χ3v) is 2.96. The summed E-state index contributed by atoms with van der Waals surface area (Å²) in [5, 5.41) is 8.71. The number of nitriles is 1. The Bertz CT molecular complexity index is 658. The number of benzene rings is 1. The number of ketones is 1. The van der Waals surface area contributed by atoms with Crippen molar-refractivity contribution in [2.24, 2.45) is 0 Å². The minimum Gasteiger partial charge on any atom is -0.375 e. The molecule has 0 unspecified atom stereocenters. The molecule has 9 heteroatoms. The van der Waals surface area contributed by atoms with Crippen molar-refractivity contribution in [2.75, 3.05) is 0 Å². The molecule has 0 amide bonds. The summed E-state index contributed by atoms with van der Waals surface area (Å²) < 4.78 is 61.7. The SMILES string of the molecule is CC(=O)c1ccc(OS(=O)(=O)C(F)(F)F)c(C#N)c1. The van der Waals surface area contributed by atoms with Crippen molar-refractivity contribution in [2.45, 2.75) is 12.4 Å². The molecule has 1 rings (SSSR count). The summed E-state index contributed by atoms with van der Waals surface area (Å²) in [4.78, 5) is 11.0. The van der Waals surface area contributed by atoms with Gasteiger partial charge in [-0.25, -0.2) is 0 Å². The number of hydrogen-bond donors (Lipinski definition) is 0. The van der Waals surface area contributed by atoms with Gasteiger partial charge in [0.05, 0.1) is 5.56 Å². The molecule has 5 nitrogen and oxygen atoms in total. The summed E-state index contributed by atoms with van der Waals surface area (Å²) in [5.74, 6) is -1.22. The summed E-state index contributed by atoms with van der Waals surface area (Å²) in [5.41, 5.74) is -6.03. The summed E-state index contributed by atoms with van der Waals surface area (Å²) in [7, 11) is -5.85. The molecule has 1 aromatic carbocycles. The molecular formula is C10H6F3NO4S. The number of alkyl halides is 3. The Labute approximate surface area is 106 Å². The Balaban J connectivity index is 3.25. The van der Waals surface area contributed by atoms with Crippen LogP contribution < -0.4 is 4.18 Å². The van der Waals surface area contributed by atoms with E-state index in [0.29, 0.717) is 0 Å². The van der Waals surface area contributed by atoms with Gasteiger partial charge >= 0.3 is 15.6 Å². The van der Waals surface area contributed by atoms with Gasteiger partial charge in [0.15, 0.2) is 11.5 Å². The first-order valence-electron chi connectivity index (χ1n) is 4.64. The largest absolute Gasteiger partial charge is 0.534 e. The van der Waals surface area contributed by atoms with Crippen LogP contribution in [-0.2, 0) is 10.1 Å². The van der Waals surface area contributed by atoms with Gasteiger partial charge < -0.3 is 4.18 Å². The third-order valence-electron chi connectivity index (χ3n) is 1.99. The Morgan fingerprint density at radius 3 is 2.37 bits per heavy atom. The second kappa shape index (κ2) is 4.89. The van der Waals surface area contributed by atoms with E-state index < -0.39 is 32.7 Å². The average Bonchev–Trinajstić information content (AvgIpc) is 2.27. The fraction of sp³-hybridized carbons (Fsp3) is 0.200. The predicted octanol–water partition coefficient (Wildman–Crippen LogP) is 1.99. The zero-order valence-corrected chi connectivity index (χ0v) is 10.2. The minimum absolute atomic E-state index is 0.0494. The van der Waals surface area contributed by atoms with Crippen LogP contribution in [0.5, 0.6) is 5.75 Å². The summed E-state index contributed by atoms with van der Waals surface area (Å²) in [6.45, 7) is 1.18. The van der Waals surface area contributed by atoms with E-state index in [1.165, 1.54) is 13.0 Å². The van der Waals surface area contributed by atoms with Crippen molar-refractivity contribution < 1.29 is 30.6 Å². The minimum atomic E-state index is -5.85. The smallest absolute Gasteiger partial charge is 0.375 e. The number of halogens is 3. The fourth-order valence-corrected chi connectivity index (χ4v) is 1.55. The van der Waals surface area contributed by atoms with E-state index in [1.807, 2.05) is 0 Å². The number of rotatable bonds is 3. The molecule has 0 aliphatic carbocycles. The van der Waals surface area contributed by atoms with Gasteiger partial charge in [-0.2, -0.15) is 26.9 Å². The zero-order chi connectivity index (χ0) is 14.8. The average molecular weight is 293 g/mol. The molecule has 0 spiro atoms. The number of nitrogens with zero attached hydrogens (tertiary/aromatic N) is 1. The van der Waals surface area contributed by atoms with Crippen LogP contribution in [0.3, 0.4) is 0 Å². The maximum absolute atomic E-state index is 12.1. The van der Waals surface area contributed by atoms with Crippen LogP contribution in [0.1, 0.15) is 22.8 Å². The molecule has 102 valence electrons. The van der Waals surface area contributed by atoms with Crippen molar-refractivity contribution in [3.8, 4) is 11.8 Å². The number of carbonyl (C=O) groups is 1. The van der Waals surface area contributed by atoms with Crippen molar-refractivity contribution >= 4 is 15.9 Å². The lowest BCUT2D eigenvalue weighted by molar-refractivity contribution is -0.0500. The summed E-state index contributed by atoms with van der Waals surface area (Å²) >= 11 is 0. The Hall–Kier alpha value is -2.08. The number of carbonyl (C=O) groups excluding carboxylic acids is 1. The highest BCUT2D eigenvalue weighted by Crippen LogP contribution is 2.29. The lowest BCUT2D eigenvalue weighted by atomic mass is 10.1. The summed E-state index contributed by atoms with van der Waals surface area (Å²) in [6.07, 6.45) is 0. The summed E-state index contributed by atoms with van der Waals surface area (Å²) in [6, 6.07) is 4.28. The van der Waals surface area contributed by atoms with Gasteiger partial charge in [0.1, 0.15) is 6.07 Å². The van der Waals surface area contributed by atoms with Gasteiger partial charge in [-0.1, -0.05) is 0 Å². The van der Waals surface area contributed by atoms with E-state index in [-0.39, 0.29) is 5.56 Å².